The van der Waals surface area contributed by atoms with Crippen molar-refractivity contribution in [2.45, 2.75) is 33.8 Å². The highest BCUT2D eigenvalue weighted by atomic mass is 16.5. The fourth-order valence-corrected chi connectivity index (χ4v) is 0.909. The van der Waals surface area contributed by atoms with Gasteiger partial charge in [-0.1, -0.05) is 51.1 Å². The van der Waals surface area contributed by atoms with E-state index in [-0.39, 0.29) is 0 Å². The molecule has 0 fully saturated rings. The molecule has 0 aromatic heterocycles. The zero-order valence-corrected chi connectivity index (χ0v) is 8.92. The molecule has 0 heterocycles. The molecule has 0 saturated carbocycles. The molecule has 0 unspecified atom stereocenters. The molecule has 1 aromatic carbocycles. The van der Waals surface area contributed by atoms with Gasteiger partial charge in [0.15, 0.2) is 0 Å². The van der Waals surface area contributed by atoms with Crippen molar-refractivity contribution in [1.82, 2.24) is 0 Å². The number of ether oxygens (including phenoxy) is 1. The molecular formula is C12H20O. The molecule has 0 aliphatic carbocycles. The SMILES string of the molecule is CC.CCCOCc1ccccc1. The topological polar surface area (TPSA) is 9.23 Å². The Hall–Kier alpha value is -0.820. The first kappa shape index (κ1) is 12.2. The van der Waals surface area contributed by atoms with Crippen molar-refractivity contribution < 1.29 is 4.74 Å². The summed E-state index contributed by atoms with van der Waals surface area (Å²) in [6, 6.07) is 10.2. The molecule has 1 rings (SSSR count). The zero-order valence-electron chi connectivity index (χ0n) is 8.92. The minimum Gasteiger partial charge on any atom is -0.377 e. The first-order chi connectivity index (χ1) is 6.43. The van der Waals surface area contributed by atoms with Gasteiger partial charge in [-0.25, -0.2) is 0 Å². The van der Waals surface area contributed by atoms with E-state index in [1.807, 2.05) is 32.0 Å². The Morgan fingerprint density at radius 3 is 2.23 bits per heavy atom. The van der Waals surface area contributed by atoms with Crippen molar-refractivity contribution in [1.29, 1.82) is 0 Å². The van der Waals surface area contributed by atoms with Crippen LogP contribution in [0.15, 0.2) is 30.3 Å². The molecule has 0 radical (unpaired) electrons. The Kier molecular flexibility index (Phi) is 8.68. The highest BCUT2D eigenvalue weighted by molar-refractivity contribution is 5.13. The third-order valence-corrected chi connectivity index (χ3v) is 1.46. The molecule has 0 saturated heterocycles. The van der Waals surface area contributed by atoms with Gasteiger partial charge in [0.1, 0.15) is 0 Å². The molecule has 13 heavy (non-hydrogen) atoms. The smallest absolute Gasteiger partial charge is 0.0716 e. The first-order valence-electron chi connectivity index (χ1n) is 5.05. The lowest BCUT2D eigenvalue weighted by atomic mass is 10.2. The van der Waals surface area contributed by atoms with Crippen LogP contribution in [0.3, 0.4) is 0 Å². The van der Waals surface area contributed by atoms with E-state index in [9.17, 15) is 0 Å². The first-order valence-corrected chi connectivity index (χ1v) is 5.05. The maximum absolute atomic E-state index is 5.37. The lowest BCUT2D eigenvalue weighted by Crippen LogP contribution is -1.92. The van der Waals surface area contributed by atoms with E-state index in [2.05, 4.69) is 19.1 Å². The molecule has 0 spiro atoms. The van der Waals surface area contributed by atoms with Crippen LogP contribution in [0.5, 0.6) is 0 Å². The summed E-state index contributed by atoms with van der Waals surface area (Å²) < 4.78 is 5.37. The number of rotatable bonds is 4. The van der Waals surface area contributed by atoms with Gasteiger partial charge in [0.2, 0.25) is 0 Å². The van der Waals surface area contributed by atoms with Crippen molar-refractivity contribution in [2.24, 2.45) is 0 Å². The molecule has 74 valence electrons. The average molecular weight is 180 g/mol. The largest absolute Gasteiger partial charge is 0.377 e. The van der Waals surface area contributed by atoms with Crippen LogP contribution in [-0.4, -0.2) is 6.61 Å². The van der Waals surface area contributed by atoms with E-state index in [1.165, 1.54) is 5.56 Å². The Morgan fingerprint density at radius 1 is 1.08 bits per heavy atom. The standard InChI is InChI=1S/C10H14O.C2H6/c1-2-8-11-9-10-6-4-3-5-7-10;1-2/h3-7H,2,8-9H2,1H3;1-2H3. The molecule has 1 aromatic rings. The predicted octanol–water partition coefficient (Wildman–Crippen LogP) is 3.64. The highest BCUT2D eigenvalue weighted by Crippen LogP contribution is 2.00. The van der Waals surface area contributed by atoms with Crippen LogP contribution < -0.4 is 0 Å². The Labute approximate surface area is 81.7 Å². The Bertz CT molecular complexity index is 182. The summed E-state index contributed by atoms with van der Waals surface area (Å²) in [5, 5.41) is 0. The van der Waals surface area contributed by atoms with Gasteiger partial charge in [0.25, 0.3) is 0 Å². The minimum atomic E-state index is 0.745. The molecule has 0 atom stereocenters. The van der Waals surface area contributed by atoms with Gasteiger partial charge in [-0.3, -0.25) is 0 Å². The summed E-state index contributed by atoms with van der Waals surface area (Å²) in [4.78, 5) is 0. The lowest BCUT2D eigenvalue weighted by molar-refractivity contribution is 0.121. The van der Waals surface area contributed by atoms with Gasteiger partial charge in [0, 0.05) is 6.61 Å². The van der Waals surface area contributed by atoms with Crippen LogP contribution in [-0.2, 0) is 11.3 Å². The van der Waals surface area contributed by atoms with Gasteiger partial charge in [-0.15, -0.1) is 0 Å². The highest BCUT2D eigenvalue weighted by Gasteiger charge is 1.88. The van der Waals surface area contributed by atoms with Crippen molar-refractivity contribution in [3.63, 3.8) is 0 Å². The normalized spacial score (nSPS) is 8.85. The molecule has 0 bridgehead atoms. The van der Waals surface area contributed by atoms with Crippen LogP contribution in [0.25, 0.3) is 0 Å². The van der Waals surface area contributed by atoms with Crippen molar-refractivity contribution in [3.8, 4) is 0 Å². The summed E-state index contributed by atoms with van der Waals surface area (Å²) in [7, 11) is 0. The molecule has 0 N–H and O–H groups in total. The maximum Gasteiger partial charge on any atom is 0.0716 e. The number of hydrogen-bond acceptors (Lipinski definition) is 1. The molecular weight excluding hydrogens is 160 g/mol. The second-order valence-electron chi connectivity index (χ2n) is 2.54. The Balaban J connectivity index is 0.000000671. The van der Waals surface area contributed by atoms with E-state index in [0.29, 0.717) is 0 Å². The average Bonchev–Trinajstić information content (AvgIpc) is 2.23. The Morgan fingerprint density at radius 2 is 1.69 bits per heavy atom. The summed E-state index contributed by atoms with van der Waals surface area (Å²) in [5.41, 5.74) is 1.25. The number of hydrogen-bond donors (Lipinski definition) is 0. The third-order valence-electron chi connectivity index (χ3n) is 1.46. The predicted molar refractivity (Wildman–Crippen MR) is 57.7 cm³/mol. The van der Waals surface area contributed by atoms with Crippen LogP contribution in [0.2, 0.25) is 0 Å². The number of benzene rings is 1. The van der Waals surface area contributed by atoms with Crippen LogP contribution in [0.1, 0.15) is 32.8 Å². The molecule has 0 aliphatic rings. The second kappa shape index (κ2) is 9.27. The summed E-state index contributed by atoms with van der Waals surface area (Å²) in [6.45, 7) is 7.72. The molecule has 0 aliphatic heterocycles. The van der Waals surface area contributed by atoms with Gasteiger partial charge < -0.3 is 4.74 Å². The van der Waals surface area contributed by atoms with Crippen LogP contribution in [0.4, 0.5) is 0 Å². The lowest BCUT2D eigenvalue weighted by Gasteiger charge is -2.00. The van der Waals surface area contributed by atoms with Crippen LogP contribution in [0, 0.1) is 0 Å². The minimum absolute atomic E-state index is 0.745. The van der Waals surface area contributed by atoms with Crippen molar-refractivity contribution >= 4 is 0 Å². The molecule has 1 nitrogen and oxygen atoms in total. The van der Waals surface area contributed by atoms with Crippen LogP contribution >= 0.6 is 0 Å². The molecule has 1 heteroatoms. The summed E-state index contributed by atoms with van der Waals surface area (Å²) >= 11 is 0. The summed E-state index contributed by atoms with van der Waals surface area (Å²) in [5.74, 6) is 0. The quantitative estimate of drug-likeness (QED) is 0.643. The van der Waals surface area contributed by atoms with Crippen molar-refractivity contribution in [3.05, 3.63) is 35.9 Å². The summed E-state index contributed by atoms with van der Waals surface area (Å²) in [6.07, 6.45) is 1.09. The van der Waals surface area contributed by atoms with Gasteiger partial charge in [-0.05, 0) is 12.0 Å². The fraction of sp³-hybridized carbons (Fsp3) is 0.500. The van der Waals surface area contributed by atoms with E-state index < -0.39 is 0 Å². The zero-order chi connectivity index (χ0) is 9.94. The van der Waals surface area contributed by atoms with E-state index in [0.717, 1.165) is 19.6 Å². The van der Waals surface area contributed by atoms with Gasteiger partial charge in [-0.2, -0.15) is 0 Å². The van der Waals surface area contributed by atoms with E-state index in [1.54, 1.807) is 0 Å². The molecule has 0 amide bonds. The van der Waals surface area contributed by atoms with Gasteiger partial charge >= 0.3 is 0 Å². The maximum atomic E-state index is 5.37. The third kappa shape index (κ3) is 6.35. The van der Waals surface area contributed by atoms with E-state index in [4.69, 9.17) is 4.74 Å². The van der Waals surface area contributed by atoms with Crippen molar-refractivity contribution in [2.75, 3.05) is 6.61 Å². The monoisotopic (exact) mass is 180 g/mol. The van der Waals surface area contributed by atoms with Gasteiger partial charge in [0.05, 0.1) is 6.61 Å². The fourth-order valence-electron chi connectivity index (χ4n) is 0.909. The van der Waals surface area contributed by atoms with E-state index >= 15 is 0 Å². The second-order valence-corrected chi connectivity index (χ2v) is 2.54.